The summed E-state index contributed by atoms with van der Waals surface area (Å²) in [6, 6.07) is 13.8. The molecule has 0 unspecified atom stereocenters. The molecule has 0 saturated carbocycles. The Kier molecular flexibility index (Phi) is 6.87. The summed E-state index contributed by atoms with van der Waals surface area (Å²) in [4.78, 5) is 38.8. The summed E-state index contributed by atoms with van der Waals surface area (Å²) in [5.41, 5.74) is 1.83. The number of nitrogens with zero attached hydrogens (tertiary/aromatic N) is 1. The number of nitrogens with one attached hydrogen (secondary N) is 1. The quantitative estimate of drug-likeness (QED) is 0.697. The van der Waals surface area contributed by atoms with E-state index in [-0.39, 0.29) is 29.6 Å². The van der Waals surface area contributed by atoms with Crippen molar-refractivity contribution in [2.24, 2.45) is 5.92 Å². The van der Waals surface area contributed by atoms with Crippen LogP contribution in [0.3, 0.4) is 0 Å². The fraction of sp³-hybridized carbons (Fsp3) is 0.375. The second kappa shape index (κ2) is 9.57. The lowest BCUT2D eigenvalue weighted by molar-refractivity contribution is 0.0850. The van der Waals surface area contributed by atoms with Crippen LogP contribution in [0.25, 0.3) is 0 Å². The Morgan fingerprint density at radius 1 is 1.07 bits per heavy atom. The van der Waals surface area contributed by atoms with Crippen LogP contribution in [-0.2, 0) is 0 Å². The molecule has 0 aliphatic carbocycles. The highest BCUT2D eigenvalue weighted by atomic mass is 16.5. The van der Waals surface area contributed by atoms with Gasteiger partial charge in [0.05, 0.1) is 6.10 Å². The van der Waals surface area contributed by atoms with Crippen LogP contribution >= 0.6 is 0 Å². The van der Waals surface area contributed by atoms with E-state index in [2.05, 4.69) is 5.32 Å². The molecule has 30 heavy (non-hydrogen) atoms. The van der Waals surface area contributed by atoms with Crippen LogP contribution in [0.15, 0.2) is 48.5 Å². The maximum Gasteiger partial charge on any atom is 0.321 e. The van der Waals surface area contributed by atoms with E-state index in [1.807, 2.05) is 26.0 Å². The zero-order valence-electron chi connectivity index (χ0n) is 17.7. The second-order valence-corrected chi connectivity index (χ2v) is 7.91. The highest BCUT2D eigenvalue weighted by Crippen LogP contribution is 2.24. The summed E-state index contributed by atoms with van der Waals surface area (Å²) in [5, 5.41) is 2.85. The first-order valence-electron chi connectivity index (χ1n) is 10.3. The number of ketones is 2. The third kappa shape index (κ3) is 5.47. The molecule has 2 aromatic carbocycles. The monoisotopic (exact) mass is 408 g/mol. The summed E-state index contributed by atoms with van der Waals surface area (Å²) < 4.78 is 5.69. The molecule has 1 saturated heterocycles. The molecule has 0 radical (unpaired) electrons. The number of hydrogen-bond donors (Lipinski definition) is 1. The Balaban J connectivity index is 1.63. The summed E-state index contributed by atoms with van der Waals surface area (Å²) >= 11 is 0. The van der Waals surface area contributed by atoms with Crippen LogP contribution in [0.1, 0.15) is 54.3 Å². The van der Waals surface area contributed by atoms with Crippen molar-refractivity contribution in [2.75, 3.05) is 18.4 Å². The van der Waals surface area contributed by atoms with E-state index in [1.165, 1.54) is 6.92 Å². The molecule has 1 N–H and O–H groups in total. The maximum atomic E-state index is 13.0. The van der Waals surface area contributed by atoms with Gasteiger partial charge in [-0.15, -0.1) is 0 Å². The van der Waals surface area contributed by atoms with E-state index in [0.717, 1.165) is 12.8 Å². The van der Waals surface area contributed by atoms with Crippen molar-refractivity contribution in [3.63, 3.8) is 0 Å². The van der Waals surface area contributed by atoms with Crippen LogP contribution in [0.4, 0.5) is 10.5 Å². The third-order valence-corrected chi connectivity index (χ3v) is 5.11. The molecular weight excluding hydrogens is 380 g/mol. The normalized spacial score (nSPS) is 16.3. The van der Waals surface area contributed by atoms with Crippen LogP contribution in [0.2, 0.25) is 0 Å². The lowest BCUT2D eigenvalue weighted by atomic mass is 9.90. The fourth-order valence-electron chi connectivity index (χ4n) is 3.60. The molecule has 0 bridgehead atoms. The largest absolute Gasteiger partial charge is 0.491 e. The van der Waals surface area contributed by atoms with Gasteiger partial charge in [-0.2, -0.15) is 0 Å². The molecule has 1 fully saturated rings. The van der Waals surface area contributed by atoms with E-state index < -0.39 is 0 Å². The number of piperidine rings is 1. The SMILES string of the molecule is CC(=O)c1ccc(NC(=O)N2CCC[C@@H](C(=O)c3cccc(OC(C)C)c3)C2)cc1. The summed E-state index contributed by atoms with van der Waals surface area (Å²) in [7, 11) is 0. The molecule has 158 valence electrons. The van der Waals surface area contributed by atoms with Gasteiger partial charge >= 0.3 is 6.03 Å². The van der Waals surface area contributed by atoms with Crippen LogP contribution in [-0.4, -0.2) is 41.7 Å². The topological polar surface area (TPSA) is 75.7 Å². The minimum atomic E-state index is -0.237. The smallest absolute Gasteiger partial charge is 0.321 e. The Hall–Kier alpha value is -3.15. The molecule has 1 atom stereocenters. The van der Waals surface area contributed by atoms with Crippen LogP contribution in [0.5, 0.6) is 5.75 Å². The summed E-state index contributed by atoms with van der Waals surface area (Å²) in [6.45, 7) is 6.38. The zero-order valence-corrected chi connectivity index (χ0v) is 17.7. The van der Waals surface area contributed by atoms with Gasteiger partial charge in [-0.3, -0.25) is 9.59 Å². The van der Waals surface area contributed by atoms with Gasteiger partial charge in [0.15, 0.2) is 11.6 Å². The van der Waals surface area contributed by atoms with Gasteiger partial charge in [0.1, 0.15) is 5.75 Å². The predicted molar refractivity (Wildman–Crippen MR) is 116 cm³/mol. The number of ether oxygens (including phenoxy) is 1. The number of anilines is 1. The first-order valence-corrected chi connectivity index (χ1v) is 10.3. The van der Waals surface area contributed by atoms with Gasteiger partial charge < -0.3 is 15.0 Å². The van der Waals surface area contributed by atoms with Crippen LogP contribution < -0.4 is 10.1 Å². The number of likely N-dealkylation sites (tertiary alicyclic amines) is 1. The van der Waals surface area contributed by atoms with Crippen LogP contribution in [0, 0.1) is 5.92 Å². The minimum Gasteiger partial charge on any atom is -0.491 e. The molecular formula is C24H28N2O4. The van der Waals surface area contributed by atoms with E-state index in [9.17, 15) is 14.4 Å². The molecule has 1 heterocycles. The van der Waals surface area contributed by atoms with Gasteiger partial charge in [0.2, 0.25) is 0 Å². The standard InChI is InChI=1S/C24H28N2O4/c1-16(2)30-22-8-4-6-19(14-22)23(28)20-7-5-13-26(15-20)24(29)25-21-11-9-18(10-12-21)17(3)27/h4,6,8-12,14,16,20H,5,7,13,15H2,1-3H3,(H,25,29)/t20-/m1/s1. The number of benzene rings is 2. The molecule has 3 rings (SSSR count). The minimum absolute atomic E-state index is 0.0203. The highest BCUT2D eigenvalue weighted by Gasteiger charge is 2.29. The molecule has 6 heteroatoms. The second-order valence-electron chi connectivity index (χ2n) is 7.91. The molecule has 1 aliphatic rings. The Labute approximate surface area is 177 Å². The number of rotatable bonds is 6. The lowest BCUT2D eigenvalue weighted by Crippen LogP contribution is -2.44. The fourth-order valence-corrected chi connectivity index (χ4v) is 3.60. The number of urea groups is 1. The summed E-state index contributed by atoms with van der Waals surface area (Å²) in [6.07, 6.45) is 1.56. The van der Waals surface area contributed by atoms with Gasteiger partial charge in [0, 0.05) is 35.8 Å². The average molecular weight is 408 g/mol. The summed E-state index contributed by atoms with van der Waals surface area (Å²) in [5.74, 6) is 0.454. The predicted octanol–water partition coefficient (Wildman–Crippen LogP) is 4.80. The van der Waals surface area contributed by atoms with E-state index >= 15 is 0 Å². The maximum absolute atomic E-state index is 13.0. The van der Waals surface area contributed by atoms with Crippen molar-refractivity contribution in [1.82, 2.24) is 4.90 Å². The van der Waals surface area contributed by atoms with E-state index in [1.54, 1.807) is 41.3 Å². The molecule has 0 aromatic heterocycles. The van der Waals surface area contributed by atoms with Crippen molar-refractivity contribution in [3.8, 4) is 5.75 Å². The molecule has 1 aliphatic heterocycles. The molecule has 2 amide bonds. The molecule has 0 spiro atoms. The van der Waals surface area contributed by atoms with Crippen molar-refractivity contribution < 1.29 is 19.1 Å². The van der Waals surface area contributed by atoms with Crippen molar-refractivity contribution in [2.45, 2.75) is 39.7 Å². The number of carbonyl (C=O) groups excluding carboxylic acids is 3. The number of hydrogen-bond acceptors (Lipinski definition) is 4. The lowest BCUT2D eigenvalue weighted by Gasteiger charge is -2.32. The van der Waals surface area contributed by atoms with Gasteiger partial charge in [0.25, 0.3) is 0 Å². The Morgan fingerprint density at radius 2 is 1.80 bits per heavy atom. The first-order chi connectivity index (χ1) is 14.3. The van der Waals surface area contributed by atoms with E-state index in [4.69, 9.17) is 4.74 Å². The zero-order chi connectivity index (χ0) is 21.7. The van der Waals surface area contributed by atoms with Gasteiger partial charge in [-0.25, -0.2) is 4.79 Å². The van der Waals surface area contributed by atoms with Crippen molar-refractivity contribution in [1.29, 1.82) is 0 Å². The Bertz CT molecular complexity index is 921. The number of carbonyl (C=O) groups is 3. The van der Waals surface area contributed by atoms with Gasteiger partial charge in [-0.1, -0.05) is 12.1 Å². The van der Waals surface area contributed by atoms with Crippen molar-refractivity contribution in [3.05, 3.63) is 59.7 Å². The molecule has 2 aromatic rings. The van der Waals surface area contributed by atoms with Gasteiger partial charge in [-0.05, 0) is 70.0 Å². The molecule has 6 nitrogen and oxygen atoms in total. The third-order valence-electron chi connectivity index (χ3n) is 5.11. The first kappa shape index (κ1) is 21.6. The Morgan fingerprint density at radius 3 is 2.47 bits per heavy atom. The van der Waals surface area contributed by atoms with E-state index in [0.29, 0.717) is 35.7 Å². The van der Waals surface area contributed by atoms with Crippen molar-refractivity contribution >= 4 is 23.3 Å². The number of Topliss-reactive ketones (excluding diaryl/α,β-unsaturated/α-hetero) is 2. The number of amides is 2. The average Bonchev–Trinajstić information content (AvgIpc) is 2.73. The highest BCUT2D eigenvalue weighted by molar-refractivity contribution is 5.99.